The van der Waals surface area contributed by atoms with Gasteiger partial charge in [0, 0.05) is 43.9 Å². The number of nitrogens with one attached hydrogen (secondary N) is 1. The molecule has 1 aliphatic heterocycles. The monoisotopic (exact) mass is 310 g/mol. The molecule has 1 N–H and O–H groups in total. The zero-order chi connectivity index (χ0) is 16.1. The van der Waals surface area contributed by atoms with Crippen LogP contribution in [0, 0.1) is 5.92 Å². The fourth-order valence-electron chi connectivity index (χ4n) is 2.94. The highest BCUT2D eigenvalue weighted by Crippen LogP contribution is 2.22. The predicted octanol–water partition coefficient (Wildman–Crippen LogP) is 2.64. The summed E-state index contributed by atoms with van der Waals surface area (Å²) >= 11 is 0. The number of nitrogens with zero attached hydrogens (tertiary/aromatic N) is 3. The standard InChI is InChI=1S/C18H22N4O/c1-14-3-2-10-22(13-14)16-6-9-20-17(11-16)18(23)21-12-15-4-7-19-8-5-15/h4-9,11,14H,2-3,10,12-13H2,1H3,(H,21,23). The minimum absolute atomic E-state index is 0.145. The number of piperidine rings is 1. The third-order valence-corrected chi connectivity index (χ3v) is 4.20. The van der Waals surface area contributed by atoms with Gasteiger partial charge in [-0.2, -0.15) is 0 Å². The Morgan fingerprint density at radius 1 is 1.30 bits per heavy atom. The van der Waals surface area contributed by atoms with E-state index in [1.807, 2.05) is 24.3 Å². The summed E-state index contributed by atoms with van der Waals surface area (Å²) in [7, 11) is 0. The van der Waals surface area contributed by atoms with Crippen LogP contribution in [0.15, 0.2) is 42.9 Å². The zero-order valence-electron chi connectivity index (χ0n) is 13.4. The van der Waals surface area contributed by atoms with Gasteiger partial charge in [-0.25, -0.2) is 0 Å². The third kappa shape index (κ3) is 4.06. The Balaban J connectivity index is 1.65. The Hall–Kier alpha value is -2.43. The molecule has 1 amide bonds. The molecule has 0 aromatic carbocycles. The lowest BCUT2D eigenvalue weighted by atomic mass is 10.00. The largest absolute Gasteiger partial charge is 0.371 e. The average Bonchev–Trinajstić information content (AvgIpc) is 2.61. The van der Waals surface area contributed by atoms with Crippen LogP contribution in [0.5, 0.6) is 0 Å². The number of carbonyl (C=O) groups is 1. The van der Waals surface area contributed by atoms with E-state index >= 15 is 0 Å². The van der Waals surface area contributed by atoms with Gasteiger partial charge < -0.3 is 10.2 Å². The molecule has 1 aliphatic rings. The van der Waals surface area contributed by atoms with Crippen LogP contribution in [0.1, 0.15) is 35.8 Å². The summed E-state index contributed by atoms with van der Waals surface area (Å²) in [6.45, 7) is 4.85. The molecular formula is C18H22N4O. The molecule has 1 atom stereocenters. The first-order chi connectivity index (χ1) is 11.2. The number of pyridine rings is 2. The van der Waals surface area contributed by atoms with Crippen molar-refractivity contribution in [2.45, 2.75) is 26.3 Å². The highest BCUT2D eigenvalue weighted by molar-refractivity contribution is 5.93. The summed E-state index contributed by atoms with van der Waals surface area (Å²) in [6, 6.07) is 7.65. The van der Waals surface area contributed by atoms with Gasteiger partial charge in [-0.1, -0.05) is 6.92 Å². The quantitative estimate of drug-likeness (QED) is 0.943. The SMILES string of the molecule is CC1CCCN(c2ccnc(C(=O)NCc3ccncc3)c2)C1. The maximum Gasteiger partial charge on any atom is 0.270 e. The van der Waals surface area contributed by atoms with Crippen molar-refractivity contribution >= 4 is 11.6 Å². The highest BCUT2D eigenvalue weighted by atomic mass is 16.1. The second-order valence-corrected chi connectivity index (χ2v) is 6.13. The summed E-state index contributed by atoms with van der Waals surface area (Å²) in [6.07, 6.45) is 7.64. The smallest absolute Gasteiger partial charge is 0.270 e. The molecule has 3 heterocycles. The maximum absolute atomic E-state index is 12.3. The summed E-state index contributed by atoms with van der Waals surface area (Å²) in [5.74, 6) is 0.551. The molecule has 0 radical (unpaired) electrons. The number of anilines is 1. The van der Waals surface area contributed by atoms with Gasteiger partial charge >= 0.3 is 0 Å². The molecule has 1 fully saturated rings. The van der Waals surface area contributed by atoms with E-state index in [-0.39, 0.29) is 5.91 Å². The van der Waals surface area contributed by atoms with Gasteiger partial charge in [-0.3, -0.25) is 14.8 Å². The lowest BCUT2D eigenvalue weighted by molar-refractivity contribution is 0.0946. The van der Waals surface area contributed by atoms with E-state index in [4.69, 9.17) is 0 Å². The van der Waals surface area contributed by atoms with Crippen LogP contribution < -0.4 is 10.2 Å². The summed E-state index contributed by atoms with van der Waals surface area (Å²) in [5.41, 5.74) is 2.57. The Morgan fingerprint density at radius 2 is 2.13 bits per heavy atom. The minimum atomic E-state index is -0.145. The van der Waals surface area contributed by atoms with Gasteiger partial charge in [0.15, 0.2) is 0 Å². The van der Waals surface area contributed by atoms with E-state index in [0.717, 1.165) is 24.3 Å². The number of aromatic nitrogens is 2. The molecule has 0 spiro atoms. The van der Waals surface area contributed by atoms with Gasteiger partial charge in [0.1, 0.15) is 5.69 Å². The van der Waals surface area contributed by atoms with Gasteiger partial charge in [0.25, 0.3) is 5.91 Å². The van der Waals surface area contributed by atoms with Crippen molar-refractivity contribution in [3.05, 3.63) is 54.1 Å². The number of hydrogen-bond donors (Lipinski definition) is 1. The molecule has 120 valence electrons. The van der Waals surface area contributed by atoms with Crippen LogP contribution in [0.4, 0.5) is 5.69 Å². The van der Waals surface area contributed by atoms with E-state index < -0.39 is 0 Å². The highest BCUT2D eigenvalue weighted by Gasteiger charge is 2.18. The molecule has 1 unspecified atom stereocenters. The Bertz CT molecular complexity index is 659. The molecule has 2 aromatic heterocycles. The van der Waals surface area contributed by atoms with Crippen molar-refractivity contribution in [2.75, 3.05) is 18.0 Å². The Morgan fingerprint density at radius 3 is 2.91 bits per heavy atom. The van der Waals surface area contributed by atoms with Crippen LogP contribution in [0.2, 0.25) is 0 Å². The Kier molecular flexibility index (Phi) is 4.86. The number of amides is 1. The predicted molar refractivity (Wildman–Crippen MR) is 90.3 cm³/mol. The molecule has 23 heavy (non-hydrogen) atoms. The van der Waals surface area contributed by atoms with E-state index in [9.17, 15) is 4.79 Å². The number of hydrogen-bond acceptors (Lipinski definition) is 4. The van der Waals surface area contributed by atoms with E-state index in [1.54, 1.807) is 18.6 Å². The van der Waals surface area contributed by atoms with Crippen LogP contribution in [0.3, 0.4) is 0 Å². The lowest BCUT2D eigenvalue weighted by Crippen LogP contribution is -2.34. The fraction of sp³-hybridized carbons (Fsp3) is 0.389. The molecule has 1 saturated heterocycles. The van der Waals surface area contributed by atoms with Crippen LogP contribution >= 0.6 is 0 Å². The number of carbonyl (C=O) groups excluding carboxylic acids is 1. The second-order valence-electron chi connectivity index (χ2n) is 6.13. The minimum Gasteiger partial charge on any atom is -0.371 e. The van der Waals surface area contributed by atoms with E-state index in [2.05, 4.69) is 27.1 Å². The first kappa shape index (κ1) is 15.5. The van der Waals surface area contributed by atoms with Crippen LogP contribution in [-0.2, 0) is 6.54 Å². The molecule has 5 nitrogen and oxygen atoms in total. The first-order valence-corrected chi connectivity index (χ1v) is 8.10. The summed E-state index contributed by atoms with van der Waals surface area (Å²) in [4.78, 5) is 22.8. The van der Waals surface area contributed by atoms with Gasteiger partial charge in [-0.05, 0) is 48.6 Å². The summed E-state index contributed by atoms with van der Waals surface area (Å²) in [5, 5.41) is 2.91. The average molecular weight is 310 g/mol. The molecular weight excluding hydrogens is 288 g/mol. The number of rotatable bonds is 4. The molecule has 0 aliphatic carbocycles. The first-order valence-electron chi connectivity index (χ1n) is 8.10. The van der Waals surface area contributed by atoms with Crippen molar-refractivity contribution in [1.29, 1.82) is 0 Å². The van der Waals surface area contributed by atoms with Crippen molar-refractivity contribution in [2.24, 2.45) is 5.92 Å². The Labute approximate surface area is 136 Å². The maximum atomic E-state index is 12.3. The van der Waals surface area contributed by atoms with Crippen molar-refractivity contribution in [3.63, 3.8) is 0 Å². The topological polar surface area (TPSA) is 58.1 Å². The molecule has 0 saturated carbocycles. The second kappa shape index (κ2) is 7.22. The summed E-state index contributed by atoms with van der Waals surface area (Å²) < 4.78 is 0. The molecule has 5 heteroatoms. The van der Waals surface area contributed by atoms with Crippen LogP contribution in [-0.4, -0.2) is 29.0 Å². The lowest BCUT2D eigenvalue weighted by Gasteiger charge is -2.32. The molecule has 3 rings (SSSR count). The third-order valence-electron chi connectivity index (χ3n) is 4.20. The van der Waals surface area contributed by atoms with Crippen LogP contribution in [0.25, 0.3) is 0 Å². The van der Waals surface area contributed by atoms with Crippen molar-refractivity contribution in [3.8, 4) is 0 Å². The fourth-order valence-corrected chi connectivity index (χ4v) is 2.94. The van der Waals surface area contributed by atoms with Crippen molar-refractivity contribution < 1.29 is 4.79 Å². The zero-order valence-corrected chi connectivity index (χ0v) is 13.4. The molecule has 2 aromatic rings. The molecule has 0 bridgehead atoms. The van der Waals surface area contributed by atoms with Gasteiger partial charge in [0.2, 0.25) is 0 Å². The van der Waals surface area contributed by atoms with E-state index in [1.165, 1.54) is 12.8 Å². The van der Waals surface area contributed by atoms with Gasteiger partial charge in [0.05, 0.1) is 0 Å². The normalized spacial score (nSPS) is 17.8. The van der Waals surface area contributed by atoms with Gasteiger partial charge in [-0.15, -0.1) is 0 Å². The van der Waals surface area contributed by atoms with Crippen molar-refractivity contribution in [1.82, 2.24) is 15.3 Å². The van der Waals surface area contributed by atoms with E-state index in [0.29, 0.717) is 18.2 Å².